The molecule has 4 unspecified atom stereocenters. The van der Waals surface area contributed by atoms with Crippen LogP contribution >= 0.6 is 0 Å². The van der Waals surface area contributed by atoms with Gasteiger partial charge in [0.15, 0.2) is 11.8 Å². The van der Waals surface area contributed by atoms with Crippen LogP contribution in [-0.4, -0.2) is 24.0 Å². The number of nitrogens with zero attached hydrogens (tertiary/aromatic N) is 2. The summed E-state index contributed by atoms with van der Waals surface area (Å²) in [6, 6.07) is 17.5. The van der Waals surface area contributed by atoms with Gasteiger partial charge in [0.05, 0.1) is 0 Å². The van der Waals surface area contributed by atoms with E-state index in [0.717, 1.165) is 37.5 Å². The van der Waals surface area contributed by atoms with Gasteiger partial charge in [0.2, 0.25) is 0 Å². The normalized spacial score (nSPS) is 32.9. The Balaban J connectivity index is 1.25. The van der Waals surface area contributed by atoms with E-state index in [1.54, 1.807) is 0 Å². The predicted octanol–water partition coefficient (Wildman–Crippen LogP) is 4.35. The molecule has 0 saturated heterocycles. The Bertz CT molecular complexity index is 973. The molecule has 0 radical (unpaired) electrons. The second-order valence-corrected chi connectivity index (χ2v) is 8.81. The van der Waals surface area contributed by atoms with Gasteiger partial charge in [0, 0.05) is 12.8 Å². The van der Waals surface area contributed by atoms with Gasteiger partial charge in [-0.05, 0) is 35.1 Å². The van der Waals surface area contributed by atoms with Crippen LogP contribution in [0.1, 0.15) is 53.6 Å². The summed E-state index contributed by atoms with van der Waals surface area (Å²) in [5.74, 6) is 1.77. The molecule has 4 heteroatoms. The minimum atomic E-state index is -0.224. The molecule has 3 aliphatic carbocycles. The lowest BCUT2D eigenvalue weighted by atomic mass is 9.68. The van der Waals surface area contributed by atoms with Crippen LogP contribution in [0.2, 0.25) is 0 Å². The number of aliphatic imine (C=N–C) groups is 2. The molecule has 2 aliphatic heterocycles. The minimum Gasteiger partial charge on any atom is -0.474 e. The Morgan fingerprint density at radius 1 is 0.714 bits per heavy atom. The maximum absolute atomic E-state index is 6.47. The molecule has 7 rings (SSSR count). The zero-order chi connectivity index (χ0) is 18.3. The Hall–Kier alpha value is -2.62. The smallest absolute Gasteiger partial charge is 0.200 e. The molecule has 5 aliphatic rings. The van der Waals surface area contributed by atoms with Crippen molar-refractivity contribution in [3.05, 3.63) is 70.8 Å². The molecular weight excluding hydrogens is 348 g/mol. The topological polar surface area (TPSA) is 43.2 Å². The fourth-order valence-electron chi connectivity index (χ4n) is 5.71. The molecule has 0 spiro atoms. The van der Waals surface area contributed by atoms with Crippen molar-refractivity contribution >= 4 is 11.8 Å². The number of hydrogen-bond donors (Lipinski definition) is 0. The zero-order valence-corrected chi connectivity index (χ0v) is 15.7. The quantitative estimate of drug-likeness (QED) is 0.789. The first kappa shape index (κ1) is 15.3. The van der Waals surface area contributed by atoms with Gasteiger partial charge in [-0.25, -0.2) is 9.98 Å². The van der Waals surface area contributed by atoms with Gasteiger partial charge in [-0.1, -0.05) is 55.0 Å². The van der Waals surface area contributed by atoms with Crippen molar-refractivity contribution in [3.8, 4) is 0 Å². The summed E-state index contributed by atoms with van der Waals surface area (Å²) in [6.45, 7) is 0. The van der Waals surface area contributed by atoms with Crippen LogP contribution in [0.25, 0.3) is 0 Å². The van der Waals surface area contributed by atoms with Crippen LogP contribution in [0.15, 0.2) is 58.5 Å². The van der Waals surface area contributed by atoms with Crippen molar-refractivity contribution in [3.63, 3.8) is 0 Å². The summed E-state index contributed by atoms with van der Waals surface area (Å²) < 4.78 is 12.9. The first-order valence-electron chi connectivity index (χ1n) is 10.5. The summed E-state index contributed by atoms with van der Waals surface area (Å²) in [5, 5.41) is 0. The highest BCUT2D eigenvalue weighted by Gasteiger charge is 2.57. The highest BCUT2D eigenvalue weighted by atomic mass is 16.5. The van der Waals surface area contributed by atoms with E-state index in [1.807, 2.05) is 0 Å². The molecular formula is C24H22N2O2. The minimum absolute atomic E-state index is 0.144. The summed E-state index contributed by atoms with van der Waals surface area (Å²) in [4.78, 5) is 10.2. The van der Waals surface area contributed by atoms with Gasteiger partial charge in [-0.2, -0.15) is 0 Å². The average molecular weight is 370 g/mol. The summed E-state index contributed by atoms with van der Waals surface area (Å²) in [6.07, 6.45) is 5.45. The molecule has 1 fully saturated rings. The van der Waals surface area contributed by atoms with E-state index in [0.29, 0.717) is 0 Å². The van der Waals surface area contributed by atoms with E-state index in [-0.39, 0.29) is 29.7 Å². The van der Waals surface area contributed by atoms with Crippen molar-refractivity contribution in [1.82, 2.24) is 0 Å². The number of fused-ring (bicyclic) bond motifs is 6. The van der Waals surface area contributed by atoms with Gasteiger partial charge in [-0.3, -0.25) is 0 Å². The maximum atomic E-state index is 6.47. The molecule has 4 nitrogen and oxygen atoms in total. The van der Waals surface area contributed by atoms with Crippen molar-refractivity contribution in [2.24, 2.45) is 15.4 Å². The zero-order valence-electron chi connectivity index (χ0n) is 15.7. The second kappa shape index (κ2) is 5.25. The Labute approximate surface area is 164 Å². The van der Waals surface area contributed by atoms with Crippen molar-refractivity contribution in [2.75, 3.05) is 0 Å². The molecule has 2 heterocycles. The molecule has 4 atom stereocenters. The largest absolute Gasteiger partial charge is 0.474 e. The van der Waals surface area contributed by atoms with Crippen LogP contribution < -0.4 is 0 Å². The molecule has 0 N–H and O–H groups in total. The highest BCUT2D eigenvalue weighted by molar-refractivity contribution is 6.07. The molecule has 1 saturated carbocycles. The number of ether oxygens (including phenoxy) is 2. The summed E-state index contributed by atoms with van der Waals surface area (Å²) in [5.41, 5.74) is 5.19. The molecule has 0 bridgehead atoms. The van der Waals surface area contributed by atoms with E-state index in [4.69, 9.17) is 19.5 Å². The first-order valence-corrected chi connectivity index (χ1v) is 10.5. The maximum Gasteiger partial charge on any atom is 0.200 e. The van der Waals surface area contributed by atoms with Crippen LogP contribution in [0.3, 0.4) is 0 Å². The van der Waals surface area contributed by atoms with Gasteiger partial charge >= 0.3 is 0 Å². The molecule has 0 aromatic heterocycles. The van der Waals surface area contributed by atoms with Gasteiger partial charge in [0.25, 0.3) is 0 Å². The third-order valence-corrected chi connectivity index (χ3v) is 7.36. The Morgan fingerprint density at radius 2 is 1.21 bits per heavy atom. The highest BCUT2D eigenvalue weighted by Crippen LogP contribution is 2.53. The van der Waals surface area contributed by atoms with Crippen LogP contribution in [-0.2, 0) is 22.3 Å². The fourth-order valence-corrected chi connectivity index (χ4v) is 5.71. The Morgan fingerprint density at radius 3 is 1.68 bits per heavy atom. The first-order chi connectivity index (χ1) is 13.8. The molecule has 140 valence electrons. The molecule has 0 amide bonds. The van der Waals surface area contributed by atoms with E-state index in [1.165, 1.54) is 28.7 Å². The SMILES string of the molecule is c1ccc2c(c1)CC1OC(C3(C4=NC5c6ccccc6CC5O4)CCC3)=NC21. The molecule has 2 aromatic carbocycles. The van der Waals surface area contributed by atoms with Gasteiger partial charge < -0.3 is 9.47 Å². The summed E-state index contributed by atoms with van der Waals surface area (Å²) >= 11 is 0. The third kappa shape index (κ3) is 1.86. The predicted molar refractivity (Wildman–Crippen MR) is 107 cm³/mol. The van der Waals surface area contributed by atoms with Gasteiger partial charge in [-0.15, -0.1) is 0 Å². The molecule has 2 aromatic rings. The van der Waals surface area contributed by atoms with Crippen molar-refractivity contribution < 1.29 is 9.47 Å². The van der Waals surface area contributed by atoms with Crippen LogP contribution in [0.4, 0.5) is 0 Å². The fraction of sp³-hybridized carbons (Fsp3) is 0.417. The van der Waals surface area contributed by atoms with Crippen LogP contribution in [0, 0.1) is 5.41 Å². The van der Waals surface area contributed by atoms with Crippen molar-refractivity contribution in [1.29, 1.82) is 0 Å². The van der Waals surface area contributed by atoms with Gasteiger partial charge in [0.1, 0.15) is 29.7 Å². The number of benzene rings is 2. The average Bonchev–Trinajstić information content (AvgIpc) is 3.39. The van der Waals surface area contributed by atoms with E-state index in [9.17, 15) is 0 Å². The Kier molecular flexibility index (Phi) is 2.87. The lowest BCUT2D eigenvalue weighted by molar-refractivity contribution is 0.135. The van der Waals surface area contributed by atoms with E-state index >= 15 is 0 Å². The van der Waals surface area contributed by atoms with Crippen molar-refractivity contribution in [2.45, 2.75) is 56.4 Å². The lowest BCUT2D eigenvalue weighted by Gasteiger charge is -2.40. The van der Waals surface area contributed by atoms with E-state index in [2.05, 4.69) is 48.5 Å². The van der Waals surface area contributed by atoms with E-state index < -0.39 is 0 Å². The second-order valence-electron chi connectivity index (χ2n) is 8.81. The number of hydrogen-bond acceptors (Lipinski definition) is 4. The third-order valence-electron chi connectivity index (χ3n) is 7.36. The monoisotopic (exact) mass is 370 g/mol. The lowest BCUT2D eigenvalue weighted by Crippen LogP contribution is -2.46. The molecule has 28 heavy (non-hydrogen) atoms. The van der Waals surface area contributed by atoms with Crippen LogP contribution in [0.5, 0.6) is 0 Å². The standard InChI is InChI=1S/C24H22N2O2/c1-3-8-16-14(6-1)12-18-20(16)25-22(27-18)24(10-5-11-24)23-26-21-17-9-4-2-7-15(17)13-19(21)28-23/h1-4,6-9,18-21H,5,10-13H2. The number of rotatable bonds is 2. The summed E-state index contributed by atoms with van der Waals surface area (Å²) in [7, 11) is 0.